The Morgan fingerprint density at radius 2 is 1.43 bits per heavy atom. The molecule has 2 amide bonds. The Kier molecular flexibility index (Phi) is 7.57. The number of carbonyl (C=O) groups is 2. The van der Waals surface area contributed by atoms with Crippen LogP contribution in [0.2, 0.25) is 0 Å². The second-order valence-electron chi connectivity index (χ2n) is 9.40. The molecule has 0 spiro atoms. The Labute approximate surface area is 225 Å². The highest BCUT2D eigenvalue weighted by atomic mass is 79.9. The second kappa shape index (κ2) is 10.9. The van der Waals surface area contributed by atoms with Crippen LogP contribution < -0.4 is 4.90 Å². The summed E-state index contributed by atoms with van der Waals surface area (Å²) in [6.45, 7) is 2.19. The van der Waals surface area contributed by atoms with Crippen molar-refractivity contribution in [1.29, 1.82) is 0 Å². The number of likely N-dealkylation sites (tertiary alicyclic amines) is 1. The van der Waals surface area contributed by atoms with Crippen molar-refractivity contribution >= 4 is 43.5 Å². The van der Waals surface area contributed by atoms with Gasteiger partial charge in [0, 0.05) is 30.1 Å². The predicted octanol–water partition coefficient (Wildman–Crippen LogP) is 4.44. The zero-order chi connectivity index (χ0) is 26.0. The summed E-state index contributed by atoms with van der Waals surface area (Å²) in [6.07, 6.45) is 0.982. The van der Waals surface area contributed by atoms with Crippen molar-refractivity contribution in [2.24, 2.45) is 0 Å². The summed E-state index contributed by atoms with van der Waals surface area (Å²) in [4.78, 5) is 30.2. The maximum atomic E-state index is 14.0. The topological polar surface area (TPSA) is 78.0 Å². The van der Waals surface area contributed by atoms with E-state index in [0.29, 0.717) is 31.6 Å². The zero-order valence-corrected chi connectivity index (χ0v) is 22.6. The molecule has 3 aromatic carbocycles. The maximum absolute atomic E-state index is 14.0. The van der Waals surface area contributed by atoms with E-state index in [1.54, 1.807) is 54.6 Å². The molecule has 37 heavy (non-hydrogen) atoms. The first-order chi connectivity index (χ1) is 17.8. The van der Waals surface area contributed by atoms with E-state index < -0.39 is 27.9 Å². The molecule has 5 rings (SSSR count). The number of hydrogen-bond donors (Lipinski definition) is 0. The highest BCUT2D eigenvalue weighted by Crippen LogP contribution is 2.34. The van der Waals surface area contributed by atoms with Crippen molar-refractivity contribution in [2.75, 3.05) is 18.0 Å². The number of nitrogens with zero attached hydrogens (tertiary/aromatic N) is 3. The van der Waals surface area contributed by atoms with Crippen molar-refractivity contribution in [3.05, 3.63) is 95.0 Å². The molecule has 192 valence electrons. The van der Waals surface area contributed by atoms with E-state index in [-0.39, 0.29) is 17.4 Å². The van der Waals surface area contributed by atoms with Crippen LogP contribution in [-0.4, -0.2) is 54.6 Å². The fraction of sp³-hybridized carbons (Fsp3) is 0.286. The van der Waals surface area contributed by atoms with E-state index in [0.717, 1.165) is 15.9 Å². The van der Waals surface area contributed by atoms with Crippen LogP contribution in [0.15, 0.2) is 94.3 Å². The average molecular weight is 583 g/mol. The van der Waals surface area contributed by atoms with Gasteiger partial charge < -0.3 is 0 Å². The van der Waals surface area contributed by atoms with E-state index in [4.69, 9.17) is 0 Å². The summed E-state index contributed by atoms with van der Waals surface area (Å²) in [6, 6.07) is 23.8. The zero-order valence-electron chi connectivity index (χ0n) is 20.2. The van der Waals surface area contributed by atoms with E-state index in [1.165, 1.54) is 9.87 Å². The first-order valence-corrected chi connectivity index (χ1v) is 14.5. The van der Waals surface area contributed by atoms with E-state index in [9.17, 15) is 18.0 Å². The summed E-state index contributed by atoms with van der Waals surface area (Å²) >= 11 is 3.37. The van der Waals surface area contributed by atoms with Gasteiger partial charge in [0.15, 0.2) is 0 Å². The lowest BCUT2D eigenvalue weighted by Gasteiger charge is -2.39. The summed E-state index contributed by atoms with van der Waals surface area (Å²) < 4.78 is 30.1. The third-order valence-electron chi connectivity index (χ3n) is 7.00. The number of amides is 2. The van der Waals surface area contributed by atoms with Crippen molar-refractivity contribution < 1.29 is 18.0 Å². The highest BCUT2D eigenvalue weighted by molar-refractivity contribution is 9.10. The van der Waals surface area contributed by atoms with Crippen LogP contribution in [0.1, 0.15) is 24.8 Å². The van der Waals surface area contributed by atoms with Crippen LogP contribution in [-0.2, 0) is 26.2 Å². The molecule has 0 radical (unpaired) electrons. The van der Waals surface area contributed by atoms with Gasteiger partial charge in [-0.1, -0.05) is 64.5 Å². The summed E-state index contributed by atoms with van der Waals surface area (Å²) in [5, 5.41) is 0. The van der Waals surface area contributed by atoms with E-state index >= 15 is 0 Å². The Bertz CT molecular complexity index is 1360. The fourth-order valence-electron chi connectivity index (χ4n) is 5.18. The number of piperidine rings is 1. The van der Waals surface area contributed by atoms with Crippen LogP contribution in [0.3, 0.4) is 0 Å². The smallest absolute Gasteiger partial charge is 0.252 e. The van der Waals surface area contributed by atoms with Gasteiger partial charge in [0.2, 0.25) is 15.9 Å². The molecule has 7 nitrogen and oxygen atoms in total. The van der Waals surface area contributed by atoms with Crippen LogP contribution in [0.5, 0.6) is 0 Å². The second-order valence-corrected chi connectivity index (χ2v) is 12.2. The van der Waals surface area contributed by atoms with Crippen LogP contribution >= 0.6 is 15.9 Å². The molecule has 0 bridgehead atoms. The molecule has 2 heterocycles. The number of rotatable bonds is 7. The molecule has 2 saturated heterocycles. The number of halogens is 1. The van der Waals surface area contributed by atoms with Crippen molar-refractivity contribution in [3.63, 3.8) is 0 Å². The molecule has 3 aromatic rings. The Morgan fingerprint density at radius 1 is 0.838 bits per heavy atom. The minimum absolute atomic E-state index is 0.129. The number of carbonyl (C=O) groups excluding carboxylic acids is 2. The van der Waals surface area contributed by atoms with Crippen molar-refractivity contribution in [2.45, 2.75) is 42.8 Å². The van der Waals surface area contributed by atoms with Crippen LogP contribution in [0, 0.1) is 0 Å². The van der Waals surface area contributed by atoms with Gasteiger partial charge in [-0.3, -0.25) is 14.5 Å². The summed E-state index contributed by atoms with van der Waals surface area (Å²) in [7, 11) is -4.02. The van der Waals surface area contributed by atoms with Gasteiger partial charge in [0.05, 0.1) is 17.0 Å². The lowest BCUT2D eigenvalue weighted by Crippen LogP contribution is -2.53. The van der Waals surface area contributed by atoms with Gasteiger partial charge in [-0.15, -0.1) is 0 Å². The molecule has 0 N–H and O–H groups in total. The minimum atomic E-state index is -4.02. The Hall–Kier alpha value is -2.85. The number of sulfonamides is 1. The Morgan fingerprint density at radius 3 is 2.05 bits per heavy atom. The highest BCUT2D eigenvalue weighted by Gasteiger charge is 2.49. The van der Waals surface area contributed by atoms with Gasteiger partial charge in [-0.2, -0.15) is 4.31 Å². The largest absolute Gasteiger partial charge is 0.299 e. The lowest BCUT2D eigenvalue weighted by molar-refractivity contribution is -0.122. The summed E-state index contributed by atoms with van der Waals surface area (Å²) in [5.74, 6) is -0.898. The van der Waals surface area contributed by atoms with Crippen LogP contribution in [0.25, 0.3) is 0 Å². The van der Waals surface area contributed by atoms with E-state index in [2.05, 4.69) is 33.0 Å². The van der Waals surface area contributed by atoms with Gasteiger partial charge in [-0.25, -0.2) is 13.3 Å². The molecule has 0 saturated carbocycles. The number of hydrogen-bond acceptors (Lipinski definition) is 5. The first-order valence-electron chi connectivity index (χ1n) is 12.3. The van der Waals surface area contributed by atoms with Gasteiger partial charge in [0.25, 0.3) is 5.91 Å². The third kappa shape index (κ3) is 5.40. The number of imide groups is 1. The van der Waals surface area contributed by atoms with Gasteiger partial charge >= 0.3 is 0 Å². The quantitative estimate of drug-likeness (QED) is 0.385. The molecule has 2 aliphatic rings. The normalized spacial score (nSPS) is 19.6. The standard InChI is InChI=1S/C28H28BrN3O4S/c29-22-11-13-23(14-12-22)31-27(33)19-26(28(31)34)32(37(35,36)25-9-5-2-6-10-25)24-15-17-30(18-16-24)20-21-7-3-1-4-8-21/h1-14,24,26H,15-20H2. The monoisotopic (exact) mass is 581 g/mol. The average Bonchev–Trinajstić information content (AvgIpc) is 3.20. The number of anilines is 1. The van der Waals surface area contributed by atoms with Crippen LogP contribution in [0.4, 0.5) is 5.69 Å². The molecular formula is C28H28BrN3O4S. The Balaban J connectivity index is 1.42. The lowest BCUT2D eigenvalue weighted by atomic mass is 10.0. The number of benzene rings is 3. The first kappa shape index (κ1) is 25.8. The van der Waals surface area contributed by atoms with Crippen molar-refractivity contribution in [3.8, 4) is 0 Å². The maximum Gasteiger partial charge on any atom is 0.252 e. The van der Waals surface area contributed by atoms with Crippen molar-refractivity contribution in [1.82, 2.24) is 9.21 Å². The summed E-state index contributed by atoms with van der Waals surface area (Å²) in [5.41, 5.74) is 1.65. The third-order valence-corrected chi connectivity index (χ3v) is 9.50. The fourth-order valence-corrected chi connectivity index (χ4v) is 7.29. The minimum Gasteiger partial charge on any atom is -0.299 e. The van der Waals surface area contributed by atoms with Gasteiger partial charge in [0.1, 0.15) is 6.04 Å². The molecule has 2 aliphatic heterocycles. The molecule has 1 unspecified atom stereocenters. The SMILES string of the molecule is O=C1CC(N(C2CCN(Cc3ccccc3)CC2)S(=O)(=O)c2ccccc2)C(=O)N1c1ccc(Br)cc1. The van der Waals surface area contributed by atoms with E-state index in [1.807, 2.05) is 18.2 Å². The predicted molar refractivity (Wildman–Crippen MR) is 145 cm³/mol. The molecule has 1 atom stereocenters. The van der Waals surface area contributed by atoms with Gasteiger partial charge in [-0.05, 0) is 54.8 Å². The molecular weight excluding hydrogens is 554 g/mol. The molecule has 0 aliphatic carbocycles. The molecule has 0 aromatic heterocycles. The molecule has 9 heteroatoms. The molecule has 2 fully saturated rings.